The van der Waals surface area contributed by atoms with Crippen molar-refractivity contribution < 1.29 is 0 Å². The fourth-order valence-electron chi connectivity index (χ4n) is 4.82. The van der Waals surface area contributed by atoms with Gasteiger partial charge in [-0.15, -0.1) is 0 Å². The molecule has 0 fully saturated rings. The first-order valence-electron chi connectivity index (χ1n) is 9.34. The summed E-state index contributed by atoms with van der Waals surface area (Å²) < 4.78 is 2.38. The molecule has 0 spiro atoms. The molecule has 0 aliphatic heterocycles. The van der Waals surface area contributed by atoms with Crippen molar-refractivity contribution in [3.8, 4) is 0 Å². The molecule has 1 aliphatic carbocycles. The maximum Gasteiger partial charge on any atom is 0.0565 e. The highest BCUT2D eigenvalue weighted by Crippen LogP contribution is 2.40. The summed E-state index contributed by atoms with van der Waals surface area (Å²) in [6.07, 6.45) is 5.77. The number of aryl methyl sites for hydroxylation is 1. The van der Waals surface area contributed by atoms with E-state index in [0.29, 0.717) is 5.92 Å². The zero-order valence-electron chi connectivity index (χ0n) is 15.0. The highest BCUT2D eigenvalue weighted by molar-refractivity contribution is 6.18. The summed E-state index contributed by atoms with van der Waals surface area (Å²) in [4.78, 5) is 3.59. The quantitative estimate of drug-likeness (QED) is 0.334. The third-order valence-electron chi connectivity index (χ3n) is 6.17. The lowest BCUT2D eigenvalue weighted by atomic mass is 9.87. The molecule has 0 bridgehead atoms. The lowest BCUT2D eigenvalue weighted by Gasteiger charge is -2.19. The van der Waals surface area contributed by atoms with Gasteiger partial charge in [0.25, 0.3) is 0 Å². The number of allylic oxidation sites excluding steroid dienone is 1. The average molecular weight is 336 g/mol. The molecule has 0 saturated heterocycles. The van der Waals surface area contributed by atoms with Gasteiger partial charge < -0.3 is 9.55 Å². The molecular weight excluding hydrogens is 316 g/mol. The van der Waals surface area contributed by atoms with E-state index in [1.54, 1.807) is 0 Å². The van der Waals surface area contributed by atoms with Gasteiger partial charge in [-0.1, -0.05) is 49.4 Å². The Morgan fingerprint density at radius 3 is 2.73 bits per heavy atom. The minimum absolute atomic E-state index is 0.593. The molecule has 26 heavy (non-hydrogen) atoms. The molecule has 0 amide bonds. The number of para-hydroxylation sites is 1. The summed E-state index contributed by atoms with van der Waals surface area (Å²) >= 11 is 0. The van der Waals surface area contributed by atoms with Crippen LogP contribution in [0.2, 0.25) is 0 Å². The molecule has 6 rings (SSSR count). The van der Waals surface area contributed by atoms with Crippen LogP contribution in [0.5, 0.6) is 0 Å². The first kappa shape index (κ1) is 14.2. The summed E-state index contributed by atoms with van der Waals surface area (Å²) in [7, 11) is 2.21. The van der Waals surface area contributed by atoms with Gasteiger partial charge in [-0.3, -0.25) is 0 Å². The van der Waals surface area contributed by atoms with Gasteiger partial charge in [-0.05, 0) is 36.1 Å². The molecule has 2 aromatic heterocycles. The van der Waals surface area contributed by atoms with Crippen molar-refractivity contribution in [3.05, 3.63) is 65.7 Å². The normalized spacial score (nSPS) is 16.9. The standard InChI is InChI=1S/C24H20N2/c1-14-6-5-8-17-15(14)10-11-18-20-12-22-19(13-23(20)26(2)24(17)18)16-7-3-4-9-21(16)25-22/h3-5,7-14,25H,6H2,1-2H3. The Hall–Kier alpha value is -3.00. The van der Waals surface area contributed by atoms with Crippen molar-refractivity contribution in [2.24, 2.45) is 7.05 Å². The zero-order valence-corrected chi connectivity index (χ0v) is 15.0. The lowest BCUT2D eigenvalue weighted by molar-refractivity contribution is 0.772. The van der Waals surface area contributed by atoms with Crippen LogP contribution in [0.1, 0.15) is 30.4 Å². The predicted molar refractivity (Wildman–Crippen MR) is 112 cm³/mol. The molecule has 1 unspecified atom stereocenters. The van der Waals surface area contributed by atoms with Crippen LogP contribution in [0.25, 0.3) is 49.7 Å². The number of rotatable bonds is 0. The molecule has 2 nitrogen and oxygen atoms in total. The Labute approximate surface area is 151 Å². The highest BCUT2D eigenvalue weighted by atomic mass is 14.9. The summed E-state index contributed by atoms with van der Waals surface area (Å²) in [6, 6.07) is 17.9. The smallest absolute Gasteiger partial charge is 0.0565 e. The van der Waals surface area contributed by atoms with Gasteiger partial charge in [-0.25, -0.2) is 0 Å². The van der Waals surface area contributed by atoms with Crippen LogP contribution in [0.3, 0.4) is 0 Å². The van der Waals surface area contributed by atoms with Crippen LogP contribution < -0.4 is 0 Å². The van der Waals surface area contributed by atoms with E-state index in [1.807, 2.05) is 0 Å². The van der Waals surface area contributed by atoms with E-state index in [2.05, 4.69) is 84.2 Å². The third-order valence-corrected chi connectivity index (χ3v) is 6.17. The Kier molecular flexibility index (Phi) is 2.62. The molecule has 3 aromatic carbocycles. The van der Waals surface area contributed by atoms with Gasteiger partial charge in [0.15, 0.2) is 0 Å². The second-order valence-electron chi connectivity index (χ2n) is 7.65. The van der Waals surface area contributed by atoms with Crippen LogP contribution in [-0.2, 0) is 7.05 Å². The number of aromatic nitrogens is 2. The molecule has 1 atom stereocenters. The van der Waals surface area contributed by atoms with Crippen LogP contribution in [0, 0.1) is 0 Å². The second-order valence-corrected chi connectivity index (χ2v) is 7.65. The summed E-state index contributed by atoms with van der Waals surface area (Å²) in [5.74, 6) is 0.593. The molecule has 1 aliphatic rings. The maximum absolute atomic E-state index is 3.59. The van der Waals surface area contributed by atoms with Gasteiger partial charge in [0, 0.05) is 50.7 Å². The Morgan fingerprint density at radius 1 is 0.923 bits per heavy atom. The number of fused-ring (bicyclic) bond motifs is 8. The van der Waals surface area contributed by atoms with Crippen molar-refractivity contribution in [2.45, 2.75) is 19.3 Å². The van der Waals surface area contributed by atoms with Gasteiger partial charge >= 0.3 is 0 Å². The number of hydrogen-bond acceptors (Lipinski definition) is 0. The lowest BCUT2D eigenvalue weighted by Crippen LogP contribution is -2.02. The van der Waals surface area contributed by atoms with Crippen molar-refractivity contribution in [1.82, 2.24) is 9.55 Å². The molecule has 0 radical (unpaired) electrons. The molecular formula is C24H20N2. The van der Waals surface area contributed by atoms with Crippen molar-refractivity contribution in [3.63, 3.8) is 0 Å². The van der Waals surface area contributed by atoms with Crippen LogP contribution >= 0.6 is 0 Å². The van der Waals surface area contributed by atoms with E-state index in [9.17, 15) is 0 Å². The summed E-state index contributed by atoms with van der Waals surface area (Å²) in [6.45, 7) is 2.33. The fraction of sp³-hybridized carbons (Fsp3) is 0.167. The molecule has 2 heterocycles. The largest absolute Gasteiger partial charge is 0.354 e. The number of aromatic amines is 1. The van der Waals surface area contributed by atoms with E-state index >= 15 is 0 Å². The minimum atomic E-state index is 0.593. The summed E-state index contributed by atoms with van der Waals surface area (Å²) in [5, 5.41) is 5.28. The highest BCUT2D eigenvalue weighted by Gasteiger charge is 2.19. The molecule has 126 valence electrons. The van der Waals surface area contributed by atoms with Crippen LogP contribution in [0.15, 0.2) is 54.6 Å². The van der Waals surface area contributed by atoms with Crippen molar-refractivity contribution >= 4 is 49.7 Å². The summed E-state index contributed by atoms with van der Waals surface area (Å²) in [5.41, 5.74) is 7.95. The van der Waals surface area contributed by atoms with Gasteiger partial charge in [-0.2, -0.15) is 0 Å². The SMILES string of the molecule is CC1CC=Cc2c1ccc1c3cc4[nH]c5ccccc5c4cc3n(C)c21. The number of hydrogen-bond donors (Lipinski definition) is 1. The fourth-order valence-corrected chi connectivity index (χ4v) is 4.82. The zero-order chi connectivity index (χ0) is 17.4. The second kappa shape index (κ2) is 4.79. The van der Waals surface area contributed by atoms with E-state index < -0.39 is 0 Å². The molecule has 0 saturated carbocycles. The number of H-pyrrole nitrogens is 1. The van der Waals surface area contributed by atoms with Gasteiger partial charge in [0.1, 0.15) is 0 Å². The monoisotopic (exact) mass is 336 g/mol. The first-order chi connectivity index (χ1) is 12.7. The average Bonchev–Trinajstić information content (AvgIpc) is 3.16. The van der Waals surface area contributed by atoms with E-state index in [4.69, 9.17) is 0 Å². The molecule has 5 aromatic rings. The number of nitrogens with one attached hydrogen (secondary N) is 1. The maximum atomic E-state index is 3.59. The third kappa shape index (κ3) is 1.67. The van der Waals surface area contributed by atoms with Gasteiger partial charge in [0.05, 0.1) is 5.52 Å². The predicted octanol–water partition coefficient (Wildman–Crippen LogP) is 6.49. The van der Waals surface area contributed by atoms with Crippen molar-refractivity contribution in [2.75, 3.05) is 0 Å². The van der Waals surface area contributed by atoms with Crippen LogP contribution in [-0.4, -0.2) is 9.55 Å². The van der Waals surface area contributed by atoms with E-state index in [0.717, 1.165) is 6.42 Å². The Morgan fingerprint density at radius 2 is 1.81 bits per heavy atom. The van der Waals surface area contributed by atoms with Gasteiger partial charge in [0.2, 0.25) is 0 Å². The number of benzene rings is 3. The Bertz CT molecular complexity index is 1380. The minimum Gasteiger partial charge on any atom is -0.354 e. The van der Waals surface area contributed by atoms with E-state index in [1.165, 1.54) is 54.7 Å². The van der Waals surface area contributed by atoms with Crippen LogP contribution in [0.4, 0.5) is 0 Å². The Balaban J connectivity index is 1.81. The molecule has 1 N–H and O–H groups in total. The topological polar surface area (TPSA) is 20.7 Å². The number of nitrogens with zero attached hydrogens (tertiary/aromatic N) is 1. The first-order valence-corrected chi connectivity index (χ1v) is 9.34. The van der Waals surface area contributed by atoms with E-state index in [-0.39, 0.29) is 0 Å². The van der Waals surface area contributed by atoms with Crippen molar-refractivity contribution in [1.29, 1.82) is 0 Å². The molecule has 2 heteroatoms.